The normalized spacial score (nSPS) is 12.7. The summed E-state index contributed by atoms with van der Waals surface area (Å²) in [6.45, 7) is 0. The van der Waals surface area contributed by atoms with Gasteiger partial charge >= 0.3 is 244 Å². The standard InChI is InChI=1S/C63H39IN2O5/c1-64(2)34-35-25-39(29-51-50-33-61-48(32-62(50)71-63(35)51)45-27-37(20-23-57(45)69-61)66-54-17-9-5-13-42(54)43-14-6-10-18-55(43)66)67-38-21-24-58-46(28-38)49-31-59-47(30-60(49)70-58)44-26-36(19-22-56(44)68-59)65-52-15-7-3-11-40(52)41-12-4-8-16-53(41)65/h3-33H,34H2,1-2H3. The Morgan fingerprint density at radius 1 is 0.338 bits per heavy atom. The molecular weight excluding hydrogens is 992 g/mol. The van der Waals surface area contributed by atoms with Crippen molar-refractivity contribution in [2.24, 2.45) is 0 Å². The number of benzene rings is 10. The van der Waals surface area contributed by atoms with Gasteiger partial charge in [-0.2, -0.15) is 0 Å². The Kier molecular flexibility index (Phi) is 8.06. The van der Waals surface area contributed by atoms with Gasteiger partial charge in [0.15, 0.2) is 0 Å². The van der Waals surface area contributed by atoms with Gasteiger partial charge in [0.25, 0.3) is 0 Å². The molecule has 6 aromatic heterocycles. The van der Waals surface area contributed by atoms with E-state index in [2.05, 4.69) is 195 Å². The van der Waals surface area contributed by atoms with E-state index in [9.17, 15) is 0 Å². The van der Waals surface area contributed by atoms with Crippen molar-refractivity contribution in [2.45, 2.75) is 4.43 Å². The summed E-state index contributed by atoms with van der Waals surface area (Å²) >= 11 is -1.26. The first kappa shape index (κ1) is 39.4. The van der Waals surface area contributed by atoms with Crippen LogP contribution in [0.2, 0.25) is 0 Å². The van der Waals surface area contributed by atoms with E-state index in [4.69, 9.17) is 22.4 Å². The molecule has 0 radical (unpaired) electrons. The van der Waals surface area contributed by atoms with E-state index in [0.717, 1.165) is 115 Å². The minimum absolute atomic E-state index is 0.723. The Morgan fingerprint density at radius 2 is 0.718 bits per heavy atom. The molecular formula is C63H39IN2O5. The maximum absolute atomic E-state index is 6.85. The van der Waals surface area contributed by atoms with Crippen LogP contribution in [0.15, 0.2) is 206 Å². The average molecular weight is 1030 g/mol. The van der Waals surface area contributed by atoms with E-state index in [1.165, 1.54) is 49.2 Å². The second-order valence-electron chi connectivity index (χ2n) is 19.0. The van der Waals surface area contributed by atoms with E-state index in [1.54, 1.807) is 0 Å². The van der Waals surface area contributed by atoms with Gasteiger partial charge in [0, 0.05) is 32.6 Å². The maximum atomic E-state index is 6.85. The number of nitrogens with zero attached hydrogens (tertiary/aromatic N) is 2. The molecule has 338 valence electrons. The van der Waals surface area contributed by atoms with Gasteiger partial charge in [-0.15, -0.1) is 0 Å². The Morgan fingerprint density at radius 3 is 1.18 bits per heavy atom. The fourth-order valence-electron chi connectivity index (χ4n) is 11.5. The molecule has 0 saturated heterocycles. The van der Waals surface area contributed by atoms with E-state index in [0.29, 0.717) is 0 Å². The summed E-state index contributed by atoms with van der Waals surface area (Å²) in [4.78, 5) is 4.78. The summed E-state index contributed by atoms with van der Waals surface area (Å²) < 4.78 is 39.1. The Balaban J connectivity index is 0.784. The van der Waals surface area contributed by atoms with Crippen molar-refractivity contribution in [3.63, 3.8) is 0 Å². The van der Waals surface area contributed by atoms with Crippen LogP contribution in [0.3, 0.4) is 0 Å². The van der Waals surface area contributed by atoms with Gasteiger partial charge in [-0.3, -0.25) is 0 Å². The zero-order valence-electron chi connectivity index (χ0n) is 38.4. The second-order valence-corrected chi connectivity index (χ2v) is 24.9. The van der Waals surface area contributed by atoms with Crippen LogP contribution >= 0.6 is 19.8 Å². The van der Waals surface area contributed by atoms with Gasteiger partial charge in [0.2, 0.25) is 0 Å². The quantitative estimate of drug-likeness (QED) is 0.123. The molecule has 0 aliphatic heterocycles. The van der Waals surface area contributed by atoms with Crippen LogP contribution in [0, 0.1) is 0 Å². The van der Waals surface area contributed by atoms with Crippen LogP contribution in [0.1, 0.15) is 5.56 Å². The molecule has 0 bridgehead atoms. The number of hydrogen-bond acceptors (Lipinski definition) is 5. The van der Waals surface area contributed by atoms with Crippen LogP contribution in [0.4, 0.5) is 0 Å². The summed E-state index contributed by atoms with van der Waals surface area (Å²) in [5.74, 6) is 1.49. The second kappa shape index (κ2) is 14.5. The molecule has 0 fully saturated rings. The molecule has 0 spiro atoms. The summed E-state index contributed by atoms with van der Waals surface area (Å²) in [5, 5.41) is 13.0. The first-order chi connectivity index (χ1) is 35.0. The number of furan rings is 4. The number of fused-ring (bicyclic) bond motifs is 18. The SMILES string of the molecule is CI(C)Cc1cc(Oc2ccc3oc4cc5c(cc4c3c2)oc2ccc(-n3c4ccccc4c4ccccc43)cc25)cc2c1oc1cc3c(cc12)oc1ccc(-n2c4ccccc4c4ccccc42)cc13. The van der Waals surface area contributed by atoms with E-state index >= 15 is 0 Å². The van der Waals surface area contributed by atoms with Gasteiger partial charge in [-0.25, -0.2) is 0 Å². The van der Waals surface area contributed by atoms with Gasteiger partial charge in [0.1, 0.15) is 5.58 Å². The summed E-state index contributed by atoms with van der Waals surface area (Å²) in [7, 11) is 0. The Hall–Kier alpha value is -8.47. The van der Waals surface area contributed by atoms with E-state index in [1.807, 2.05) is 12.1 Å². The fraction of sp³-hybridized carbons (Fsp3) is 0.0476. The van der Waals surface area contributed by atoms with Crippen LogP contribution in [-0.4, -0.2) is 19.0 Å². The molecule has 8 heteroatoms. The summed E-state index contributed by atoms with van der Waals surface area (Å²) in [6.07, 6.45) is 0. The number of halogens is 1. The first-order valence-electron chi connectivity index (χ1n) is 23.7. The molecule has 0 saturated carbocycles. The molecule has 0 N–H and O–H groups in total. The molecule has 6 heterocycles. The molecule has 10 aromatic carbocycles. The van der Waals surface area contributed by atoms with E-state index < -0.39 is 19.8 Å². The Bertz CT molecular complexity index is 4830. The third-order valence-electron chi connectivity index (χ3n) is 14.5. The predicted octanol–water partition coefficient (Wildman–Crippen LogP) is 18.5. The molecule has 16 aromatic rings. The molecule has 0 atom stereocenters. The molecule has 0 aliphatic carbocycles. The monoisotopic (exact) mass is 1030 g/mol. The van der Waals surface area contributed by atoms with Gasteiger partial charge < -0.3 is 4.57 Å². The molecule has 0 unspecified atom stereocenters. The molecule has 0 amide bonds. The topological polar surface area (TPSA) is 71.7 Å². The zero-order chi connectivity index (χ0) is 46.6. The predicted molar refractivity (Wildman–Crippen MR) is 300 cm³/mol. The van der Waals surface area contributed by atoms with Crippen molar-refractivity contribution in [1.29, 1.82) is 0 Å². The van der Waals surface area contributed by atoms with Crippen LogP contribution < -0.4 is 4.74 Å². The van der Waals surface area contributed by atoms with Crippen LogP contribution in [0.25, 0.3) is 143 Å². The number of para-hydroxylation sites is 4. The molecule has 16 rings (SSSR count). The zero-order valence-corrected chi connectivity index (χ0v) is 40.6. The molecule has 71 heavy (non-hydrogen) atoms. The fourth-order valence-corrected chi connectivity index (χ4v) is 13.7. The van der Waals surface area contributed by atoms with Crippen LogP contribution in [0.5, 0.6) is 11.5 Å². The van der Waals surface area contributed by atoms with Crippen molar-refractivity contribution < 1.29 is 22.4 Å². The number of ether oxygens (including phenoxy) is 1. The third kappa shape index (κ3) is 5.76. The van der Waals surface area contributed by atoms with Crippen molar-refractivity contribution in [1.82, 2.24) is 9.13 Å². The number of alkyl halides is 3. The van der Waals surface area contributed by atoms with Crippen molar-refractivity contribution >= 4 is 151 Å². The number of hydrogen-bond donors (Lipinski definition) is 0. The first-order valence-corrected chi connectivity index (χ1v) is 29.6. The number of aromatic nitrogens is 2. The van der Waals surface area contributed by atoms with E-state index in [-0.39, 0.29) is 0 Å². The molecule has 0 aliphatic rings. The average Bonchev–Trinajstić information content (AvgIpc) is 4.24. The summed E-state index contributed by atoms with van der Waals surface area (Å²) in [6, 6.07) is 66.3. The van der Waals surface area contributed by atoms with Gasteiger partial charge in [-0.1, -0.05) is 72.8 Å². The molecule has 7 nitrogen and oxygen atoms in total. The van der Waals surface area contributed by atoms with Crippen LogP contribution in [-0.2, 0) is 4.43 Å². The van der Waals surface area contributed by atoms with Crippen molar-refractivity contribution in [2.75, 3.05) is 9.86 Å². The van der Waals surface area contributed by atoms with Crippen molar-refractivity contribution in [3.8, 4) is 22.9 Å². The van der Waals surface area contributed by atoms with Gasteiger partial charge in [0.05, 0.1) is 11.0 Å². The minimum atomic E-state index is -1.26. The van der Waals surface area contributed by atoms with Gasteiger partial charge in [-0.05, 0) is 42.5 Å². The summed E-state index contributed by atoms with van der Waals surface area (Å²) in [5.41, 5.74) is 14.7. The Labute approximate surface area is 411 Å². The van der Waals surface area contributed by atoms with Crippen molar-refractivity contribution in [3.05, 3.63) is 194 Å². The third-order valence-corrected chi connectivity index (χ3v) is 16.9. The number of rotatable bonds is 6.